The lowest BCUT2D eigenvalue weighted by Crippen LogP contribution is -1.97. The second kappa shape index (κ2) is 5.85. The van der Waals surface area contributed by atoms with Crippen molar-refractivity contribution in [2.45, 2.75) is 6.92 Å². The van der Waals surface area contributed by atoms with Crippen molar-refractivity contribution in [3.05, 3.63) is 74.9 Å². The van der Waals surface area contributed by atoms with Crippen LogP contribution in [0.1, 0.15) is 27.2 Å². The molecule has 0 bridgehead atoms. The number of esters is 1. The van der Waals surface area contributed by atoms with Crippen molar-refractivity contribution >= 4 is 41.4 Å². The van der Waals surface area contributed by atoms with Crippen LogP contribution >= 0.6 is 23.6 Å². The maximum Gasteiger partial charge on any atom is 0.347 e. The summed E-state index contributed by atoms with van der Waals surface area (Å²) >= 11 is 6.91. The highest BCUT2D eigenvalue weighted by atomic mass is 32.1. The van der Waals surface area contributed by atoms with Crippen LogP contribution in [0.5, 0.6) is 0 Å². The molecule has 5 heteroatoms. The van der Waals surface area contributed by atoms with Gasteiger partial charge in [0.1, 0.15) is 16.0 Å². The smallest absolute Gasteiger partial charge is 0.347 e. The van der Waals surface area contributed by atoms with Crippen LogP contribution in [0, 0.1) is 11.6 Å². The Morgan fingerprint density at radius 3 is 2.79 bits per heavy atom. The van der Waals surface area contributed by atoms with Crippen LogP contribution in [0.25, 0.3) is 22.3 Å². The van der Waals surface area contributed by atoms with E-state index in [1.54, 1.807) is 11.3 Å². The molecule has 1 aliphatic heterocycles. The molecule has 1 aromatic carbocycles. The number of hydrogen-bond donors (Lipinski definition) is 1. The highest BCUT2D eigenvalue weighted by Gasteiger charge is 2.28. The number of benzene rings is 1. The van der Waals surface area contributed by atoms with Crippen molar-refractivity contribution in [3.8, 4) is 10.4 Å². The second-order valence-corrected chi connectivity index (χ2v) is 6.90. The molecule has 0 fully saturated rings. The predicted octanol–water partition coefficient (Wildman–Crippen LogP) is 5.45. The second-order valence-electron chi connectivity index (χ2n) is 5.58. The summed E-state index contributed by atoms with van der Waals surface area (Å²) in [5, 5.41) is 2.05. The van der Waals surface area contributed by atoms with Crippen LogP contribution in [-0.2, 0) is 4.74 Å². The number of pyridine rings is 1. The summed E-state index contributed by atoms with van der Waals surface area (Å²) in [6, 6.07) is 14.2. The number of fused-ring (bicyclic) bond motifs is 1. The Morgan fingerprint density at radius 2 is 2.00 bits per heavy atom. The van der Waals surface area contributed by atoms with E-state index in [2.05, 4.69) is 28.6 Å². The Kier molecular flexibility index (Phi) is 3.67. The number of aryl methyl sites for hydroxylation is 1. The molecule has 0 radical (unpaired) electrons. The third kappa shape index (κ3) is 2.62. The summed E-state index contributed by atoms with van der Waals surface area (Å²) in [6.45, 7) is 1.91. The fraction of sp³-hybridized carbons (Fsp3) is 0.0526. The Balaban J connectivity index is 1.76. The molecule has 0 unspecified atom stereocenters. The van der Waals surface area contributed by atoms with Crippen LogP contribution in [0.4, 0.5) is 0 Å². The minimum atomic E-state index is -0.393. The number of carbonyl (C=O) groups excluding carboxylic acids is 1. The highest BCUT2D eigenvalue weighted by molar-refractivity contribution is 7.71. The van der Waals surface area contributed by atoms with Crippen LogP contribution in [0.15, 0.2) is 47.8 Å². The topological polar surface area (TPSA) is 42.1 Å². The van der Waals surface area contributed by atoms with Gasteiger partial charge < -0.3 is 9.72 Å². The van der Waals surface area contributed by atoms with Crippen molar-refractivity contribution in [1.29, 1.82) is 0 Å². The minimum Gasteiger partial charge on any atom is -0.422 e. The summed E-state index contributed by atoms with van der Waals surface area (Å²) in [7, 11) is 0. The normalized spacial score (nSPS) is 14.7. The van der Waals surface area contributed by atoms with Gasteiger partial charge >= 0.3 is 5.97 Å². The van der Waals surface area contributed by atoms with E-state index in [-0.39, 0.29) is 0 Å². The van der Waals surface area contributed by atoms with Crippen molar-refractivity contribution in [2.75, 3.05) is 0 Å². The number of H-pyrrole nitrogens is 1. The molecule has 0 aliphatic carbocycles. The van der Waals surface area contributed by atoms with Gasteiger partial charge in [-0.2, -0.15) is 0 Å². The van der Waals surface area contributed by atoms with Crippen LogP contribution in [0.3, 0.4) is 0 Å². The Morgan fingerprint density at radius 1 is 1.21 bits per heavy atom. The first-order valence-corrected chi connectivity index (χ1v) is 8.73. The summed E-state index contributed by atoms with van der Waals surface area (Å²) in [5.41, 5.74) is 4.28. The first-order chi connectivity index (χ1) is 11.6. The van der Waals surface area contributed by atoms with E-state index in [0.29, 0.717) is 16.0 Å². The van der Waals surface area contributed by atoms with Gasteiger partial charge in [-0.3, -0.25) is 0 Å². The van der Waals surface area contributed by atoms with Crippen molar-refractivity contribution in [1.82, 2.24) is 4.98 Å². The van der Waals surface area contributed by atoms with Crippen molar-refractivity contribution < 1.29 is 9.53 Å². The average molecular weight is 351 g/mol. The molecule has 3 aromatic rings. The first-order valence-electron chi connectivity index (χ1n) is 7.44. The molecule has 0 amide bonds. The zero-order valence-corrected chi connectivity index (χ0v) is 14.5. The quantitative estimate of drug-likeness (QED) is 0.493. The summed E-state index contributed by atoms with van der Waals surface area (Å²) in [6.07, 6.45) is 1.89. The van der Waals surface area contributed by atoms with Gasteiger partial charge in [-0.1, -0.05) is 42.5 Å². The number of cyclic esters (lactones) is 1. The van der Waals surface area contributed by atoms with Gasteiger partial charge in [0.05, 0.1) is 0 Å². The molecular formula is C19H13NO2S2. The van der Waals surface area contributed by atoms with Crippen LogP contribution in [0.2, 0.25) is 0 Å². The van der Waals surface area contributed by atoms with E-state index in [1.807, 2.05) is 37.3 Å². The largest absolute Gasteiger partial charge is 0.422 e. The third-order valence-corrected chi connectivity index (χ3v) is 5.12. The lowest BCUT2D eigenvalue weighted by molar-refractivity contribution is 0.0716. The summed E-state index contributed by atoms with van der Waals surface area (Å²) in [5.74, 6) is 0.159. The number of thiophene rings is 1. The molecule has 3 nitrogen and oxygen atoms in total. The van der Waals surface area contributed by atoms with Crippen molar-refractivity contribution in [3.63, 3.8) is 0 Å². The van der Waals surface area contributed by atoms with E-state index in [9.17, 15) is 4.79 Å². The summed E-state index contributed by atoms with van der Waals surface area (Å²) < 4.78 is 5.85. The number of hydrogen-bond acceptors (Lipinski definition) is 4. The molecule has 2 aromatic heterocycles. The molecule has 1 aliphatic rings. The molecule has 0 spiro atoms. The molecule has 0 atom stereocenters. The standard InChI is InChI=1S/C19H13NO2S2/c1-11-7-14-15(22-19(21)17(14)18(23)20-11)8-12-9-16(24-10-12)13-5-3-2-4-6-13/h2-10H,1H3,(H,20,23)/b15-8-. The zero-order chi connectivity index (χ0) is 16.7. The molecule has 4 rings (SSSR count). The maximum absolute atomic E-state index is 12.1. The number of carbonyl (C=O) groups is 1. The van der Waals surface area contributed by atoms with Crippen molar-refractivity contribution in [2.24, 2.45) is 0 Å². The van der Waals surface area contributed by atoms with Gasteiger partial charge in [-0.05, 0) is 41.6 Å². The number of ether oxygens (including phenoxy) is 1. The minimum absolute atomic E-state index is 0.393. The molecule has 24 heavy (non-hydrogen) atoms. The van der Waals surface area contributed by atoms with Crippen LogP contribution in [-0.4, -0.2) is 11.0 Å². The predicted molar refractivity (Wildman–Crippen MR) is 99.4 cm³/mol. The van der Waals surface area contributed by atoms with Gasteiger partial charge in [-0.15, -0.1) is 11.3 Å². The van der Waals surface area contributed by atoms with E-state index >= 15 is 0 Å². The van der Waals surface area contributed by atoms with Gasteiger partial charge in [0.15, 0.2) is 0 Å². The Bertz CT molecular complexity index is 1030. The fourth-order valence-corrected chi connectivity index (χ4v) is 3.96. The highest BCUT2D eigenvalue weighted by Crippen LogP contribution is 2.34. The molecule has 1 N–H and O–H groups in total. The summed E-state index contributed by atoms with van der Waals surface area (Å²) in [4.78, 5) is 16.3. The van der Waals surface area contributed by atoms with Gasteiger partial charge in [0.25, 0.3) is 0 Å². The van der Waals surface area contributed by atoms with E-state index in [1.165, 1.54) is 10.4 Å². The zero-order valence-electron chi connectivity index (χ0n) is 12.8. The van der Waals surface area contributed by atoms with E-state index in [4.69, 9.17) is 17.0 Å². The average Bonchev–Trinajstić information content (AvgIpc) is 3.14. The number of aromatic amines is 1. The van der Waals surface area contributed by atoms with Gasteiger partial charge in [-0.25, -0.2) is 4.79 Å². The lowest BCUT2D eigenvalue weighted by Gasteiger charge is -1.99. The first kappa shape index (κ1) is 15.1. The lowest BCUT2D eigenvalue weighted by atomic mass is 10.1. The molecule has 0 saturated carbocycles. The molecule has 3 heterocycles. The monoisotopic (exact) mass is 351 g/mol. The third-order valence-electron chi connectivity index (χ3n) is 3.82. The number of nitrogens with one attached hydrogen (secondary N) is 1. The van der Waals surface area contributed by atoms with E-state index in [0.717, 1.165) is 16.8 Å². The fourth-order valence-electron chi connectivity index (χ4n) is 2.73. The maximum atomic E-state index is 12.1. The molecule has 0 saturated heterocycles. The van der Waals surface area contributed by atoms with E-state index < -0.39 is 5.97 Å². The SMILES string of the molecule is Cc1cc2c(c(=S)[nH]1)C(=O)O/C2=C\c1csc(-c2ccccc2)c1. The Hall–Kier alpha value is -2.50. The number of rotatable bonds is 2. The van der Waals surface area contributed by atoms with Gasteiger partial charge in [0.2, 0.25) is 0 Å². The van der Waals surface area contributed by atoms with Gasteiger partial charge in [0, 0.05) is 16.1 Å². The Labute approximate surface area is 148 Å². The van der Waals surface area contributed by atoms with Crippen LogP contribution < -0.4 is 0 Å². The molecule has 118 valence electrons. The molecular weight excluding hydrogens is 338 g/mol. The number of aromatic nitrogens is 1.